The summed E-state index contributed by atoms with van der Waals surface area (Å²) in [7, 11) is -2.54. The van der Waals surface area contributed by atoms with E-state index < -0.39 is 28.5 Å². The van der Waals surface area contributed by atoms with Crippen molar-refractivity contribution in [2.75, 3.05) is 24.5 Å². The van der Waals surface area contributed by atoms with Crippen molar-refractivity contribution in [1.29, 1.82) is 0 Å². The number of aryl methyl sites for hydroxylation is 3. The lowest BCUT2D eigenvalue weighted by Gasteiger charge is -2.33. The van der Waals surface area contributed by atoms with Gasteiger partial charge in [0.1, 0.15) is 18.3 Å². The highest BCUT2D eigenvalue weighted by Crippen LogP contribution is 2.29. The molecule has 0 unspecified atom stereocenters. The van der Waals surface area contributed by atoms with Crippen LogP contribution >= 0.6 is 0 Å². The molecule has 3 rings (SSSR count). The molecule has 3 aromatic carbocycles. The van der Waals surface area contributed by atoms with Gasteiger partial charge in [0.25, 0.3) is 10.0 Å². The van der Waals surface area contributed by atoms with E-state index in [1.807, 2.05) is 58.9 Å². The van der Waals surface area contributed by atoms with Crippen molar-refractivity contribution in [3.63, 3.8) is 0 Å². The lowest BCUT2D eigenvalue weighted by Crippen LogP contribution is -2.52. The summed E-state index contributed by atoms with van der Waals surface area (Å²) < 4.78 is 34.7. The normalized spacial score (nSPS) is 12.0. The zero-order valence-electron chi connectivity index (χ0n) is 25.5. The Morgan fingerprint density at radius 1 is 0.905 bits per heavy atom. The fraction of sp³-hybridized carbons (Fsp3) is 0.394. The maximum atomic E-state index is 14.2. The number of nitrogens with one attached hydrogen (secondary N) is 1. The molecule has 0 spiro atoms. The number of nitrogens with zero attached hydrogens (tertiary/aromatic N) is 2. The number of amides is 2. The molecular formula is C33H43N3O5S. The molecule has 42 heavy (non-hydrogen) atoms. The van der Waals surface area contributed by atoms with E-state index in [4.69, 9.17) is 4.74 Å². The Kier molecular flexibility index (Phi) is 11.6. The first-order valence-electron chi connectivity index (χ1n) is 14.4. The van der Waals surface area contributed by atoms with Crippen LogP contribution in [-0.2, 0) is 26.2 Å². The van der Waals surface area contributed by atoms with Gasteiger partial charge in [-0.2, -0.15) is 0 Å². The van der Waals surface area contributed by atoms with Crippen molar-refractivity contribution >= 4 is 27.5 Å². The first-order chi connectivity index (χ1) is 20.0. The number of ether oxygens (including phenoxy) is 1. The van der Waals surface area contributed by atoms with Gasteiger partial charge in [-0.25, -0.2) is 8.42 Å². The highest BCUT2D eigenvalue weighted by Gasteiger charge is 2.34. The number of methoxy groups -OCH3 is 1. The standard InChI is InChI=1S/C33H43N3O5S/c1-7-9-20-34-33(38)30(8-2)35(22-27-14-16-28(41-6)17-15-27)32(37)23-36(31-21-25(4)10-13-26(31)5)42(39,40)29-18-11-24(3)12-19-29/h10-19,21,30H,7-9,20,22-23H2,1-6H3,(H,34,38)/t30-/m1/s1. The molecule has 1 N–H and O–H groups in total. The van der Waals surface area contributed by atoms with E-state index in [-0.39, 0.29) is 17.3 Å². The van der Waals surface area contributed by atoms with Crippen LogP contribution in [0.4, 0.5) is 5.69 Å². The van der Waals surface area contributed by atoms with Crippen molar-refractivity contribution in [2.24, 2.45) is 0 Å². The predicted molar refractivity (Wildman–Crippen MR) is 167 cm³/mol. The predicted octanol–water partition coefficient (Wildman–Crippen LogP) is 5.54. The van der Waals surface area contributed by atoms with Crippen LogP contribution in [0.15, 0.2) is 71.6 Å². The third kappa shape index (κ3) is 8.12. The molecule has 0 aliphatic rings. The molecule has 9 heteroatoms. The number of unbranched alkanes of at least 4 members (excludes halogenated alkanes) is 1. The molecule has 0 radical (unpaired) electrons. The van der Waals surface area contributed by atoms with Gasteiger partial charge in [-0.1, -0.05) is 62.2 Å². The second-order valence-corrected chi connectivity index (χ2v) is 12.4. The summed E-state index contributed by atoms with van der Waals surface area (Å²) in [5.74, 6) is -0.0568. The van der Waals surface area contributed by atoms with Crippen LogP contribution in [0.2, 0.25) is 0 Å². The number of carbonyl (C=O) groups excluding carboxylic acids is 2. The molecular weight excluding hydrogens is 550 g/mol. The lowest BCUT2D eigenvalue weighted by atomic mass is 10.1. The summed E-state index contributed by atoms with van der Waals surface area (Å²) in [5.41, 5.74) is 3.73. The van der Waals surface area contributed by atoms with Crippen LogP contribution in [0.1, 0.15) is 55.4 Å². The Labute approximate surface area is 250 Å². The quantitative estimate of drug-likeness (QED) is 0.248. The van der Waals surface area contributed by atoms with E-state index in [1.54, 1.807) is 49.6 Å². The van der Waals surface area contributed by atoms with Gasteiger partial charge in [-0.3, -0.25) is 13.9 Å². The number of benzene rings is 3. The van der Waals surface area contributed by atoms with E-state index in [0.717, 1.165) is 35.1 Å². The Bertz CT molecular complexity index is 1450. The van der Waals surface area contributed by atoms with Crippen LogP contribution in [0.25, 0.3) is 0 Å². The summed E-state index contributed by atoms with van der Waals surface area (Å²) in [6.07, 6.45) is 2.12. The van der Waals surface area contributed by atoms with Crippen molar-refractivity contribution in [2.45, 2.75) is 71.4 Å². The van der Waals surface area contributed by atoms with Crippen LogP contribution in [0, 0.1) is 20.8 Å². The average molecular weight is 594 g/mol. The van der Waals surface area contributed by atoms with Crippen molar-refractivity contribution < 1.29 is 22.7 Å². The highest BCUT2D eigenvalue weighted by atomic mass is 32.2. The number of anilines is 1. The Morgan fingerprint density at radius 2 is 1.55 bits per heavy atom. The van der Waals surface area contributed by atoms with Crippen LogP contribution in [0.3, 0.4) is 0 Å². The molecule has 2 amide bonds. The number of rotatable bonds is 14. The second kappa shape index (κ2) is 14.9. The number of sulfonamides is 1. The van der Waals surface area contributed by atoms with Gasteiger partial charge in [-0.15, -0.1) is 0 Å². The molecule has 1 atom stereocenters. The summed E-state index contributed by atoms with van der Waals surface area (Å²) in [6, 6.07) is 18.6. The average Bonchev–Trinajstić information content (AvgIpc) is 2.97. The van der Waals surface area contributed by atoms with Gasteiger partial charge in [0.2, 0.25) is 11.8 Å². The maximum absolute atomic E-state index is 14.2. The molecule has 226 valence electrons. The van der Waals surface area contributed by atoms with Gasteiger partial charge in [0.15, 0.2) is 0 Å². The van der Waals surface area contributed by atoms with E-state index in [1.165, 1.54) is 9.21 Å². The molecule has 0 saturated heterocycles. The molecule has 0 aromatic heterocycles. The monoisotopic (exact) mass is 593 g/mol. The molecule has 0 heterocycles. The lowest BCUT2D eigenvalue weighted by molar-refractivity contribution is -0.140. The van der Waals surface area contributed by atoms with E-state index in [2.05, 4.69) is 5.32 Å². The smallest absolute Gasteiger partial charge is 0.264 e. The first-order valence-corrected chi connectivity index (χ1v) is 15.8. The Morgan fingerprint density at radius 3 is 2.14 bits per heavy atom. The SMILES string of the molecule is CCCCNC(=O)[C@@H](CC)N(Cc1ccc(OC)cc1)C(=O)CN(c1cc(C)ccc1C)S(=O)(=O)c1ccc(C)cc1. The molecule has 3 aromatic rings. The molecule has 8 nitrogen and oxygen atoms in total. The van der Waals surface area contributed by atoms with Gasteiger partial charge in [0.05, 0.1) is 17.7 Å². The van der Waals surface area contributed by atoms with Gasteiger partial charge in [-0.05, 0) is 80.6 Å². The minimum Gasteiger partial charge on any atom is -0.497 e. The zero-order valence-corrected chi connectivity index (χ0v) is 26.3. The first kappa shape index (κ1) is 32.7. The van der Waals surface area contributed by atoms with Gasteiger partial charge >= 0.3 is 0 Å². The topological polar surface area (TPSA) is 96.0 Å². The van der Waals surface area contributed by atoms with Crippen molar-refractivity contribution in [1.82, 2.24) is 10.2 Å². The highest BCUT2D eigenvalue weighted by molar-refractivity contribution is 7.92. The summed E-state index contributed by atoms with van der Waals surface area (Å²) in [4.78, 5) is 29.1. The minimum absolute atomic E-state index is 0.0906. The van der Waals surface area contributed by atoms with Gasteiger partial charge in [0, 0.05) is 13.1 Å². The summed E-state index contributed by atoms with van der Waals surface area (Å²) in [6.45, 7) is 9.66. The van der Waals surface area contributed by atoms with E-state index in [9.17, 15) is 18.0 Å². The Balaban J connectivity index is 2.07. The minimum atomic E-state index is -4.12. The second-order valence-electron chi connectivity index (χ2n) is 10.6. The third-order valence-electron chi connectivity index (χ3n) is 7.25. The van der Waals surface area contributed by atoms with Crippen LogP contribution in [-0.4, -0.2) is 51.4 Å². The molecule has 0 aliphatic carbocycles. The van der Waals surface area contributed by atoms with Crippen molar-refractivity contribution in [3.8, 4) is 5.75 Å². The number of carbonyl (C=O) groups is 2. The molecule has 0 fully saturated rings. The molecule has 0 aliphatic heterocycles. The molecule has 0 saturated carbocycles. The van der Waals surface area contributed by atoms with Crippen LogP contribution < -0.4 is 14.4 Å². The fourth-order valence-corrected chi connectivity index (χ4v) is 6.16. The van der Waals surface area contributed by atoms with Crippen molar-refractivity contribution in [3.05, 3.63) is 89.0 Å². The zero-order chi connectivity index (χ0) is 30.9. The van der Waals surface area contributed by atoms with E-state index >= 15 is 0 Å². The number of hydrogen-bond acceptors (Lipinski definition) is 5. The van der Waals surface area contributed by atoms with Crippen LogP contribution in [0.5, 0.6) is 5.75 Å². The maximum Gasteiger partial charge on any atom is 0.264 e. The molecule has 0 bridgehead atoms. The van der Waals surface area contributed by atoms with Gasteiger partial charge < -0.3 is 15.0 Å². The van der Waals surface area contributed by atoms with E-state index in [0.29, 0.717) is 24.4 Å². The fourth-order valence-electron chi connectivity index (χ4n) is 4.69. The third-order valence-corrected chi connectivity index (χ3v) is 9.02. The Hall–Kier alpha value is -3.85. The summed E-state index contributed by atoms with van der Waals surface area (Å²) in [5, 5.41) is 2.95. The largest absolute Gasteiger partial charge is 0.497 e. The number of hydrogen-bond donors (Lipinski definition) is 1. The summed E-state index contributed by atoms with van der Waals surface area (Å²) >= 11 is 0.